The van der Waals surface area contributed by atoms with Crippen LogP contribution in [0, 0.1) is 13.8 Å². The highest BCUT2D eigenvalue weighted by atomic mass is 16.4. The molecule has 0 aliphatic rings. The normalized spacial score (nSPS) is 12.1. The molecule has 0 spiro atoms. The number of hydrogen-bond acceptors (Lipinski definition) is 3. The molecule has 0 aliphatic carbocycles. The second-order valence-electron chi connectivity index (χ2n) is 9.55. The molecular formula is C32H31N3O2. The number of rotatable bonds is 8. The first-order valence-corrected chi connectivity index (χ1v) is 12.6. The number of carbonyl (C=O) groups is 1. The van der Waals surface area contributed by atoms with Gasteiger partial charge in [-0.2, -0.15) is 0 Å². The van der Waals surface area contributed by atoms with Crippen molar-refractivity contribution in [1.82, 2.24) is 14.9 Å². The van der Waals surface area contributed by atoms with Gasteiger partial charge in [-0.1, -0.05) is 54.6 Å². The molecule has 2 heterocycles. The van der Waals surface area contributed by atoms with Gasteiger partial charge in [-0.05, 0) is 78.9 Å². The molecule has 0 fully saturated rings. The Balaban J connectivity index is 1.36. The van der Waals surface area contributed by atoms with E-state index in [0.29, 0.717) is 5.56 Å². The number of pyridine rings is 1. The molecule has 1 unspecified atom stereocenters. The van der Waals surface area contributed by atoms with Gasteiger partial charge in [0, 0.05) is 41.9 Å². The number of carboxylic acid groups (broad SMARTS) is 1. The molecule has 0 bridgehead atoms. The van der Waals surface area contributed by atoms with E-state index >= 15 is 0 Å². The Labute approximate surface area is 217 Å². The van der Waals surface area contributed by atoms with Crippen molar-refractivity contribution in [2.24, 2.45) is 0 Å². The van der Waals surface area contributed by atoms with Crippen LogP contribution in [-0.2, 0) is 13.1 Å². The van der Waals surface area contributed by atoms with Crippen LogP contribution in [0.3, 0.4) is 0 Å². The lowest BCUT2D eigenvalue weighted by Crippen LogP contribution is -2.18. The first kappa shape index (κ1) is 24.5. The lowest BCUT2D eigenvalue weighted by Gasteiger charge is -2.14. The zero-order valence-corrected chi connectivity index (χ0v) is 21.4. The summed E-state index contributed by atoms with van der Waals surface area (Å²) in [7, 11) is 0. The molecular weight excluding hydrogens is 458 g/mol. The highest BCUT2D eigenvalue weighted by Crippen LogP contribution is 2.29. The number of carboxylic acids is 1. The van der Waals surface area contributed by atoms with Crippen LogP contribution in [0.25, 0.3) is 22.0 Å². The van der Waals surface area contributed by atoms with Gasteiger partial charge < -0.3 is 15.0 Å². The monoisotopic (exact) mass is 489 g/mol. The molecule has 5 nitrogen and oxygen atoms in total. The Bertz CT molecular complexity index is 1550. The number of hydrogen-bond donors (Lipinski definition) is 2. The molecule has 0 saturated heterocycles. The Morgan fingerprint density at radius 2 is 1.68 bits per heavy atom. The maximum Gasteiger partial charge on any atom is 0.336 e. The van der Waals surface area contributed by atoms with Gasteiger partial charge in [-0.15, -0.1) is 0 Å². The summed E-state index contributed by atoms with van der Waals surface area (Å²) in [5.41, 5.74) is 9.18. The zero-order chi connectivity index (χ0) is 25.9. The van der Waals surface area contributed by atoms with Crippen LogP contribution in [0.1, 0.15) is 51.4 Å². The van der Waals surface area contributed by atoms with E-state index in [1.165, 1.54) is 33.3 Å². The van der Waals surface area contributed by atoms with E-state index < -0.39 is 5.97 Å². The fourth-order valence-corrected chi connectivity index (χ4v) is 4.91. The van der Waals surface area contributed by atoms with Crippen molar-refractivity contribution in [3.63, 3.8) is 0 Å². The molecule has 0 amide bonds. The molecule has 5 heteroatoms. The van der Waals surface area contributed by atoms with Gasteiger partial charge in [0.1, 0.15) is 0 Å². The largest absolute Gasteiger partial charge is 0.478 e. The maximum atomic E-state index is 11.6. The van der Waals surface area contributed by atoms with Crippen LogP contribution in [0.4, 0.5) is 0 Å². The average molecular weight is 490 g/mol. The molecule has 2 aromatic heterocycles. The van der Waals surface area contributed by atoms with Gasteiger partial charge in [0.15, 0.2) is 0 Å². The minimum atomic E-state index is -0.912. The summed E-state index contributed by atoms with van der Waals surface area (Å²) in [6.07, 6.45) is 1.83. The molecule has 186 valence electrons. The smallest absolute Gasteiger partial charge is 0.336 e. The van der Waals surface area contributed by atoms with E-state index in [-0.39, 0.29) is 6.04 Å². The summed E-state index contributed by atoms with van der Waals surface area (Å²) < 4.78 is 2.36. The molecule has 0 aliphatic heterocycles. The fraction of sp³-hybridized carbons (Fsp3) is 0.188. The number of nitrogens with zero attached hydrogens (tertiary/aromatic N) is 2. The van der Waals surface area contributed by atoms with Crippen LogP contribution >= 0.6 is 0 Å². The quantitative estimate of drug-likeness (QED) is 0.248. The van der Waals surface area contributed by atoms with E-state index in [0.717, 1.165) is 29.9 Å². The van der Waals surface area contributed by atoms with Crippen LogP contribution in [0.15, 0.2) is 91.1 Å². The molecule has 37 heavy (non-hydrogen) atoms. The summed E-state index contributed by atoms with van der Waals surface area (Å²) in [6.45, 7) is 8.03. The molecule has 0 saturated carbocycles. The van der Waals surface area contributed by atoms with E-state index in [1.807, 2.05) is 48.7 Å². The van der Waals surface area contributed by atoms with E-state index in [9.17, 15) is 9.90 Å². The molecule has 5 rings (SSSR count). The molecule has 1 atom stereocenters. The van der Waals surface area contributed by atoms with Gasteiger partial charge in [0.25, 0.3) is 0 Å². The Morgan fingerprint density at radius 1 is 0.946 bits per heavy atom. The van der Waals surface area contributed by atoms with Crippen molar-refractivity contribution >= 4 is 16.9 Å². The molecule has 3 aromatic carbocycles. The van der Waals surface area contributed by atoms with Crippen molar-refractivity contribution in [2.45, 2.75) is 39.9 Å². The summed E-state index contributed by atoms with van der Waals surface area (Å²) in [6, 6.07) is 28.2. The van der Waals surface area contributed by atoms with Gasteiger partial charge in [0.05, 0.1) is 11.3 Å². The van der Waals surface area contributed by atoms with Crippen molar-refractivity contribution in [3.05, 3.63) is 125 Å². The number of benzene rings is 3. The first-order valence-electron chi connectivity index (χ1n) is 12.6. The third kappa shape index (κ3) is 5.04. The van der Waals surface area contributed by atoms with Crippen LogP contribution in [0.2, 0.25) is 0 Å². The third-order valence-corrected chi connectivity index (χ3v) is 7.21. The number of aromatic carboxylic acids is 1. The highest BCUT2D eigenvalue weighted by molar-refractivity contribution is 5.96. The van der Waals surface area contributed by atoms with E-state index in [2.05, 4.69) is 66.0 Å². The summed E-state index contributed by atoms with van der Waals surface area (Å²) in [5.74, 6) is -0.912. The van der Waals surface area contributed by atoms with E-state index in [1.54, 1.807) is 12.1 Å². The number of nitrogens with one attached hydrogen (secondary N) is 1. The second kappa shape index (κ2) is 10.4. The number of aromatic nitrogens is 2. The molecule has 0 radical (unpaired) electrons. The second-order valence-corrected chi connectivity index (χ2v) is 9.55. The van der Waals surface area contributed by atoms with Crippen LogP contribution < -0.4 is 5.32 Å². The summed E-state index contributed by atoms with van der Waals surface area (Å²) in [4.78, 5) is 16.1. The van der Waals surface area contributed by atoms with Crippen LogP contribution in [0.5, 0.6) is 0 Å². The third-order valence-electron chi connectivity index (χ3n) is 7.21. The zero-order valence-electron chi connectivity index (χ0n) is 21.4. The SMILES string of the molecule is Cc1c(C)n(Cc2ccc(-c3ccccc3C(=O)O)cc2)c2ccc(CNC(C)c3ccccn3)cc12. The standard InChI is InChI=1S/C32H31N3O2/c1-21-23(3)35(20-24-11-14-26(15-12-24)27-8-4-5-9-28(27)32(36)37)31-16-13-25(18-29(21)31)19-34-22(2)30-10-6-7-17-33-30/h4-18,22,34H,19-20H2,1-3H3,(H,36,37). The lowest BCUT2D eigenvalue weighted by atomic mass is 9.99. The highest BCUT2D eigenvalue weighted by Gasteiger charge is 2.14. The summed E-state index contributed by atoms with van der Waals surface area (Å²) in [5, 5.41) is 14.4. The van der Waals surface area contributed by atoms with Gasteiger partial charge in [-0.3, -0.25) is 4.98 Å². The minimum absolute atomic E-state index is 0.176. The number of aryl methyl sites for hydroxylation is 1. The molecule has 5 aromatic rings. The van der Waals surface area contributed by atoms with Crippen molar-refractivity contribution in [1.29, 1.82) is 0 Å². The average Bonchev–Trinajstić information content (AvgIpc) is 3.17. The van der Waals surface area contributed by atoms with Crippen LogP contribution in [-0.4, -0.2) is 20.6 Å². The Morgan fingerprint density at radius 3 is 2.41 bits per heavy atom. The summed E-state index contributed by atoms with van der Waals surface area (Å²) >= 11 is 0. The Kier molecular flexibility index (Phi) is 6.89. The first-order chi connectivity index (χ1) is 17.9. The van der Waals surface area contributed by atoms with Gasteiger partial charge in [0.2, 0.25) is 0 Å². The minimum Gasteiger partial charge on any atom is -0.478 e. The van der Waals surface area contributed by atoms with Crippen molar-refractivity contribution < 1.29 is 9.90 Å². The van der Waals surface area contributed by atoms with Crippen molar-refractivity contribution in [3.8, 4) is 11.1 Å². The lowest BCUT2D eigenvalue weighted by molar-refractivity contribution is 0.0697. The van der Waals surface area contributed by atoms with Crippen molar-refractivity contribution in [2.75, 3.05) is 0 Å². The maximum absolute atomic E-state index is 11.6. The van der Waals surface area contributed by atoms with Gasteiger partial charge >= 0.3 is 5.97 Å². The fourth-order valence-electron chi connectivity index (χ4n) is 4.91. The predicted molar refractivity (Wildman–Crippen MR) is 149 cm³/mol. The number of fused-ring (bicyclic) bond motifs is 1. The predicted octanol–water partition coefficient (Wildman–Crippen LogP) is 6.92. The topological polar surface area (TPSA) is 67.2 Å². The molecule has 2 N–H and O–H groups in total. The van der Waals surface area contributed by atoms with E-state index in [4.69, 9.17) is 0 Å². The van der Waals surface area contributed by atoms with Gasteiger partial charge in [-0.25, -0.2) is 4.79 Å². The Hall–Kier alpha value is -4.22.